The number of nitrogens with zero attached hydrogens (tertiary/aromatic N) is 4. The Morgan fingerprint density at radius 3 is 2.87 bits per heavy atom. The number of benzene rings is 1. The molecule has 1 atom stereocenters. The average Bonchev–Trinajstić information content (AvgIpc) is 3.26. The Labute approximate surface area is 176 Å². The minimum Gasteiger partial charge on any atom is -0.486 e. The van der Waals surface area contributed by atoms with Crippen LogP contribution in [0.1, 0.15) is 43.5 Å². The number of aromatic nitrogens is 2. The molecule has 0 radical (unpaired) electrons. The number of fused-ring (bicyclic) bond motifs is 2. The van der Waals surface area contributed by atoms with Gasteiger partial charge in [0, 0.05) is 24.6 Å². The Morgan fingerprint density at radius 1 is 1.23 bits per heavy atom. The number of quaternary nitrogens is 1. The number of anilines is 1. The molecule has 5 rings (SSSR count). The Hall–Kier alpha value is -2.71. The molecule has 2 aromatic rings. The SMILES string of the molecule is C[N+]1(N)C(=O)CCN(C2CCCC2)c2nc(Cc3cccc4c3OCCO4)ncc21. The van der Waals surface area contributed by atoms with Crippen molar-refractivity contribution in [3.05, 3.63) is 35.8 Å². The van der Waals surface area contributed by atoms with E-state index in [1.54, 1.807) is 13.2 Å². The summed E-state index contributed by atoms with van der Waals surface area (Å²) >= 11 is 0. The molecule has 1 aromatic carbocycles. The third kappa shape index (κ3) is 3.30. The minimum atomic E-state index is -0.309. The van der Waals surface area contributed by atoms with Crippen LogP contribution in [0.15, 0.2) is 24.4 Å². The van der Waals surface area contributed by atoms with E-state index in [1.807, 2.05) is 18.2 Å². The van der Waals surface area contributed by atoms with Crippen molar-refractivity contribution in [2.75, 3.05) is 31.7 Å². The van der Waals surface area contributed by atoms with Gasteiger partial charge in [-0.25, -0.2) is 14.8 Å². The van der Waals surface area contributed by atoms with Crippen LogP contribution in [-0.2, 0) is 11.2 Å². The second kappa shape index (κ2) is 7.52. The zero-order chi connectivity index (χ0) is 20.7. The second-order valence-corrected chi connectivity index (χ2v) is 8.46. The number of nitrogens with two attached hydrogens (primary N) is 1. The smallest absolute Gasteiger partial charge is 0.339 e. The molecule has 0 saturated heterocycles. The molecule has 1 aromatic heterocycles. The predicted octanol–water partition coefficient (Wildman–Crippen LogP) is 2.33. The molecule has 1 amide bonds. The summed E-state index contributed by atoms with van der Waals surface area (Å²) in [6, 6.07) is 6.30. The highest BCUT2D eigenvalue weighted by molar-refractivity contribution is 5.91. The summed E-state index contributed by atoms with van der Waals surface area (Å²) in [6.45, 7) is 1.74. The van der Waals surface area contributed by atoms with Crippen molar-refractivity contribution in [3.8, 4) is 11.5 Å². The monoisotopic (exact) mass is 410 g/mol. The van der Waals surface area contributed by atoms with Crippen LogP contribution in [-0.4, -0.2) is 48.7 Å². The highest BCUT2D eigenvalue weighted by Crippen LogP contribution is 2.38. The van der Waals surface area contributed by atoms with Crippen LogP contribution in [0.5, 0.6) is 11.5 Å². The van der Waals surface area contributed by atoms with Gasteiger partial charge in [0.15, 0.2) is 17.3 Å². The molecule has 3 aliphatic rings. The number of amides is 1. The zero-order valence-electron chi connectivity index (χ0n) is 17.3. The van der Waals surface area contributed by atoms with Crippen molar-refractivity contribution in [2.24, 2.45) is 5.84 Å². The molecular weight excluding hydrogens is 382 g/mol. The van der Waals surface area contributed by atoms with Crippen molar-refractivity contribution in [1.82, 2.24) is 14.6 Å². The molecule has 1 unspecified atom stereocenters. The molecule has 1 aliphatic carbocycles. The summed E-state index contributed by atoms with van der Waals surface area (Å²) in [5.41, 5.74) is 1.66. The van der Waals surface area contributed by atoms with Gasteiger partial charge in [0.2, 0.25) is 5.69 Å². The van der Waals surface area contributed by atoms with E-state index in [-0.39, 0.29) is 10.5 Å². The summed E-state index contributed by atoms with van der Waals surface area (Å²) in [6.07, 6.45) is 7.34. The van der Waals surface area contributed by atoms with Crippen molar-refractivity contribution < 1.29 is 14.3 Å². The third-order valence-corrected chi connectivity index (χ3v) is 6.42. The van der Waals surface area contributed by atoms with Crippen LogP contribution < -0.4 is 24.8 Å². The van der Waals surface area contributed by atoms with E-state index in [0.29, 0.717) is 50.2 Å². The Bertz CT molecular complexity index is 971. The molecule has 158 valence electrons. The zero-order valence-corrected chi connectivity index (χ0v) is 17.3. The van der Waals surface area contributed by atoms with Crippen LogP contribution in [0.2, 0.25) is 0 Å². The third-order valence-electron chi connectivity index (χ3n) is 6.42. The fourth-order valence-electron chi connectivity index (χ4n) is 4.73. The first-order chi connectivity index (χ1) is 14.5. The number of rotatable bonds is 3. The lowest BCUT2D eigenvalue weighted by molar-refractivity contribution is -0.129. The van der Waals surface area contributed by atoms with Gasteiger partial charge in [-0.15, -0.1) is 0 Å². The Morgan fingerprint density at radius 2 is 2.03 bits per heavy atom. The van der Waals surface area contributed by atoms with Gasteiger partial charge in [-0.1, -0.05) is 25.0 Å². The van der Waals surface area contributed by atoms with Crippen LogP contribution in [0.3, 0.4) is 0 Å². The van der Waals surface area contributed by atoms with E-state index in [9.17, 15) is 4.79 Å². The number of hydrogen-bond acceptors (Lipinski definition) is 7. The van der Waals surface area contributed by atoms with E-state index >= 15 is 0 Å². The maximum atomic E-state index is 12.7. The molecule has 8 nitrogen and oxygen atoms in total. The van der Waals surface area contributed by atoms with E-state index < -0.39 is 0 Å². The number of carbonyl (C=O) groups is 1. The lowest BCUT2D eigenvalue weighted by Gasteiger charge is -2.30. The average molecular weight is 410 g/mol. The highest BCUT2D eigenvalue weighted by atomic mass is 16.6. The molecule has 0 bridgehead atoms. The van der Waals surface area contributed by atoms with Crippen LogP contribution in [0, 0.1) is 0 Å². The van der Waals surface area contributed by atoms with Gasteiger partial charge in [-0.05, 0) is 18.9 Å². The largest absolute Gasteiger partial charge is 0.486 e. The summed E-state index contributed by atoms with van der Waals surface area (Å²) < 4.78 is 11.2. The van der Waals surface area contributed by atoms with Crippen molar-refractivity contribution in [2.45, 2.75) is 44.6 Å². The molecule has 2 aliphatic heterocycles. The van der Waals surface area contributed by atoms with Gasteiger partial charge in [0.05, 0.1) is 19.7 Å². The van der Waals surface area contributed by atoms with Gasteiger partial charge in [0.1, 0.15) is 19.0 Å². The number of carbonyl (C=O) groups excluding carboxylic acids is 1. The molecular formula is C22H28N5O3+. The fourth-order valence-corrected chi connectivity index (χ4v) is 4.73. The Balaban J connectivity index is 1.54. The van der Waals surface area contributed by atoms with E-state index in [2.05, 4.69) is 9.88 Å². The van der Waals surface area contributed by atoms with E-state index in [0.717, 1.165) is 35.7 Å². The summed E-state index contributed by atoms with van der Waals surface area (Å²) in [5, 5.41) is 0. The van der Waals surface area contributed by atoms with Crippen LogP contribution in [0.4, 0.5) is 11.5 Å². The van der Waals surface area contributed by atoms with Crippen molar-refractivity contribution in [3.63, 3.8) is 0 Å². The fraction of sp³-hybridized carbons (Fsp3) is 0.500. The maximum Gasteiger partial charge on any atom is 0.339 e. The molecule has 2 N–H and O–H groups in total. The molecule has 1 saturated carbocycles. The summed E-state index contributed by atoms with van der Waals surface area (Å²) in [5.74, 6) is 9.43. The Kier molecular flexibility index (Phi) is 4.83. The van der Waals surface area contributed by atoms with Crippen molar-refractivity contribution >= 4 is 17.4 Å². The molecule has 8 heteroatoms. The molecule has 1 fully saturated rings. The maximum absolute atomic E-state index is 12.7. The van der Waals surface area contributed by atoms with Crippen molar-refractivity contribution in [1.29, 1.82) is 0 Å². The lowest BCUT2D eigenvalue weighted by atomic mass is 10.1. The molecule has 0 spiro atoms. The first-order valence-corrected chi connectivity index (χ1v) is 10.7. The first-order valence-electron chi connectivity index (χ1n) is 10.7. The predicted molar refractivity (Wildman–Crippen MR) is 113 cm³/mol. The standard InChI is InChI=1S/C22H28N5O3/c1-27(23)17-14-24-19(13-15-5-4-8-18-21(15)30-12-11-29-18)25-22(17)26(10-9-20(27)28)16-6-2-3-7-16/h4-5,8,14,16H,2-3,6-7,9-13,23H2,1H3/q+1. The number of hydrogen-bond donors (Lipinski definition) is 1. The van der Waals surface area contributed by atoms with E-state index in [4.69, 9.17) is 20.3 Å². The minimum absolute atomic E-state index is 0.0178. The summed E-state index contributed by atoms with van der Waals surface area (Å²) in [4.78, 5) is 24.6. The summed E-state index contributed by atoms with van der Waals surface area (Å²) in [7, 11) is 1.72. The topological polar surface area (TPSA) is 90.6 Å². The number of para-hydroxylation sites is 1. The van der Waals surface area contributed by atoms with Gasteiger partial charge < -0.3 is 14.4 Å². The second-order valence-electron chi connectivity index (χ2n) is 8.46. The number of ether oxygens (including phenoxy) is 2. The highest BCUT2D eigenvalue weighted by Gasteiger charge is 2.41. The normalized spacial score (nSPS) is 23.9. The van der Waals surface area contributed by atoms with Gasteiger partial charge in [-0.2, -0.15) is 10.4 Å². The quantitative estimate of drug-likeness (QED) is 0.472. The van der Waals surface area contributed by atoms with E-state index in [1.165, 1.54) is 12.8 Å². The first kappa shape index (κ1) is 19.3. The van der Waals surface area contributed by atoms with Gasteiger partial charge >= 0.3 is 5.91 Å². The van der Waals surface area contributed by atoms with Crippen LogP contribution in [0.25, 0.3) is 0 Å². The van der Waals surface area contributed by atoms with Crippen LogP contribution >= 0.6 is 0 Å². The van der Waals surface area contributed by atoms with Gasteiger partial charge in [0.25, 0.3) is 0 Å². The van der Waals surface area contributed by atoms with Gasteiger partial charge in [-0.3, -0.25) is 0 Å². The lowest BCUT2D eigenvalue weighted by Crippen LogP contribution is -2.56. The molecule has 30 heavy (non-hydrogen) atoms. The molecule has 3 heterocycles.